The minimum Gasteiger partial charge on any atom is -0.465 e. The summed E-state index contributed by atoms with van der Waals surface area (Å²) in [5, 5.41) is 9.21. The summed E-state index contributed by atoms with van der Waals surface area (Å²) in [4.78, 5) is 12.8. The van der Waals surface area contributed by atoms with Crippen molar-refractivity contribution in [1.82, 2.24) is 4.90 Å². The Kier molecular flexibility index (Phi) is 3.18. The highest BCUT2D eigenvalue weighted by atomic mass is 16.5. The van der Waals surface area contributed by atoms with E-state index in [1.165, 1.54) is 0 Å². The van der Waals surface area contributed by atoms with Gasteiger partial charge in [0.25, 0.3) is 0 Å². The lowest BCUT2D eigenvalue weighted by Gasteiger charge is -2.67. The fourth-order valence-corrected chi connectivity index (χ4v) is 3.82. The average Bonchev–Trinajstić information content (AvgIpc) is 2.10. The maximum absolute atomic E-state index is 11.2. The van der Waals surface area contributed by atoms with Gasteiger partial charge >= 0.3 is 6.09 Å². The van der Waals surface area contributed by atoms with Gasteiger partial charge in [0.05, 0.1) is 12.7 Å². The van der Waals surface area contributed by atoms with Gasteiger partial charge in [0, 0.05) is 18.0 Å². The highest BCUT2D eigenvalue weighted by Crippen LogP contribution is 2.58. The zero-order valence-electron chi connectivity index (χ0n) is 11.5. The van der Waals surface area contributed by atoms with Gasteiger partial charge in [-0.1, -0.05) is 26.8 Å². The van der Waals surface area contributed by atoms with E-state index in [1.807, 2.05) is 0 Å². The van der Waals surface area contributed by atoms with Gasteiger partial charge in [-0.3, -0.25) is 0 Å². The molecule has 1 saturated carbocycles. The first-order valence-corrected chi connectivity index (χ1v) is 6.52. The molecule has 1 N–H and O–H groups in total. The molecule has 1 aliphatic carbocycles. The van der Waals surface area contributed by atoms with Crippen LogP contribution in [0.25, 0.3) is 0 Å². The Bertz CT molecular complexity index is 353. The first-order valence-electron chi connectivity index (χ1n) is 6.52. The van der Waals surface area contributed by atoms with Crippen molar-refractivity contribution in [2.24, 2.45) is 10.8 Å². The Morgan fingerprint density at radius 2 is 2.17 bits per heavy atom. The van der Waals surface area contributed by atoms with Crippen LogP contribution in [0.4, 0.5) is 4.79 Å². The maximum atomic E-state index is 11.2. The van der Waals surface area contributed by atoms with Gasteiger partial charge in [0.2, 0.25) is 0 Å². The molecule has 18 heavy (non-hydrogen) atoms. The van der Waals surface area contributed by atoms with Crippen LogP contribution in [0.5, 0.6) is 0 Å². The molecule has 4 nitrogen and oxygen atoms in total. The van der Waals surface area contributed by atoms with E-state index in [1.54, 1.807) is 11.0 Å². The first kappa shape index (κ1) is 13.4. The van der Waals surface area contributed by atoms with Gasteiger partial charge in [-0.05, 0) is 18.3 Å². The van der Waals surface area contributed by atoms with E-state index in [2.05, 4.69) is 27.4 Å². The number of carbonyl (C=O) groups is 1. The molecule has 1 saturated heterocycles. The van der Waals surface area contributed by atoms with Crippen LogP contribution in [0.3, 0.4) is 0 Å². The molecule has 0 aromatic heterocycles. The molecule has 1 atom stereocenters. The van der Waals surface area contributed by atoms with Crippen molar-refractivity contribution in [3.05, 3.63) is 12.7 Å². The van der Waals surface area contributed by atoms with Crippen molar-refractivity contribution < 1.29 is 14.6 Å². The number of hydrogen-bond acceptors (Lipinski definition) is 2. The predicted octanol–water partition coefficient (Wildman–Crippen LogP) is 2.75. The third-order valence-corrected chi connectivity index (χ3v) is 4.16. The molecule has 1 spiro atoms. The molecule has 2 fully saturated rings. The van der Waals surface area contributed by atoms with Crippen LogP contribution in [0.15, 0.2) is 12.7 Å². The van der Waals surface area contributed by atoms with E-state index < -0.39 is 6.09 Å². The molecule has 1 unspecified atom stereocenters. The van der Waals surface area contributed by atoms with Crippen molar-refractivity contribution in [3.63, 3.8) is 0 Å². The van der Waals surface area contributed by atoms with Crippen molar-refractivity contribution >= 4 is 6.09 Å². The average molecular weight is 253 g/mol. The molecule has 2 aliphatic rings. The Hall–Kier alpha value is -1.03. The first-order chi connectivity index (χ1) is 8.30. The number of nitrogens with zero attached hydrogens (tertiary/aromatic N) is 1. The number of ether oxygens (including phenoxy) is 1. The minimum absolute atomic E-state index is 0.0138. The summed E-state index contributed by atoms with van der Waals surface area (Å²) < 4.78 is 5.63. The van der Waals surface area contributed by atoms with Gasteiger partial charge in [-0.15, -0.1) is 6.58 Å². The fourth-order valence-electron chi connectivity index (χ4n) is 3.82. The highest BCUT2D eigenvalue weighted by Gasteiger charge is 2.64. The summed E-state index contributed by atoms with van der Waals surface area (Å²) >= 11 is 0. The lowest BCUT2D eigenvalue weighted by Crippen LogP contribution is -2.75. The second-order valence-corrected chi connectivity index (χ2v) is 6.69. The summed E-state index contributed by atoms with van der Waals surface area (Å²) in [6.07, 6.45) is 3.20. The lowest BCUT2D eigenvalue weighted by atomic mass is 9.51. The van der Waals surface area contributed by atoms with Crippen molar-refractivity contribution in [2.75, 3.05) is 13.2 Å². The molecule has 2 rings (SSSR count). The minimum atomic E-state index is -0.795. The standard InChI is InChI=1S/C14H23NO3/c1-5-6-18-10-7-14(8-10)9-15(12(16)17)11(14)13(2,3)4/h5,10-11H,1,6-9H2,2-4H3,(H,16,17). The van der Waals surface area contributed by atoms with Gasteiger partial charge in [-0.25, -0.2) is 4.79 Å². The fraction of sp³-hybridized carbons (Fsp3) is 0.786. The second-order valence-electron chi connectivity index (χ2n) is 6.69. The summed E-state index contributed by atoms with van der Waals surface area (Å²) in [7, 11) is 0. The summed E-state index contributed by atoms with van der Waals surface area (Å²) in [6.45, 7) is 11.2. The lowest BCUT2D eigenvalue weighted by molar-refractivity contribution is -0.201. The van der Waals surface area contributed by atoms with Gasteiger partial charge in [-0.2, -0.15) is 0 Å². The molecular weight excluding hydrogens is 230 g/mol. The Labute approximate surface area is 109 Å². The van der Waals surface area contributed by atoms with E-state index in [9.17, 15) is 9.90 Å². The Morgan fingerprint density at radius 1 is 1.56 bits per heavy atom. The molecule has 4 heteroatoms. The van der Waals surface area contributed by atoms with Gasteiger partial charge in [0.15, 0.2) is 0 Å². The third kappa shape index (κ3) is 2.03. The molecule has 0 aromatic rings. The number of rotatable bonds is 3. The number of carboxylic acid groups (broad SMARTS) is 1. The molecule has 1 amide bonds. The summed E-state index contributed by atoms with van der Waals surface area (Å²) in [5.41, 5.74) is 0.141. The smallest absolute Gasteiger partial charge is 0.407 e. The summed E-state index contributed by atoms with van der Waals surface area (Å²) in [5.74, 6) is 0. The van der Waals surface area contributed by atoms with E-state index in [0.717, 1.165) is 12.8 Å². The zero-order valence-corrected chi connectivity index (χ0v) is 11.5. The van der Waals surface area contributed by atoms with Crippen LogP contribution >= 0.6 is 0 Å². The molecule has 0 radical (unpaired) electrons. The second kappa shape index (κ2) is 4.26. The van der Waals surface area contributed by atoms with Crippen LogP contribution in [-0.2, 0) is 4.74 Å². The van der Waals surface area contributed by atoms with E-state index >= 15 is 0 Å². The van der Waals surface area contributed by atoms with Crippen LogP contribution in [-0.4, -0.2) is 41.4 Å². The molecule has 0 aromatic carbocycles. The van der Waals surface area contributed by atoms with Crippen molar-refractivity contribution in [2.45, 2.75) is 45.8 Å². The number of likely N-dealkylation sites (tertiary alicyclic amines) is 1. The molecule has 1 aliphatic heterocycles. The third-order valence-electron chi connectivity index (χ3n) is 4.16. The van der Waals surface area contributed by atoms with Crippen LogP contribution in [0, 0.1) is 10.8 Å². The van der Waals surface area contributed by atoms with E-state index in [-0.39, 0.29) is 23.0 Å². The predicted molar refractivity (Wildman–Crippen MR) is 69.6 cm³/mol. The topological polar surface area (TPSA) is 49.8 Å². The molecule has 0 bridgehead atoms. The highest BCUT2D eigenvalue weighted by molar-refractivity contribution is 5.67. The quantitative estimate of drug-likeness (QED) is 0.787. The van der Waals surface area contributed by atoms with Crippen LogP contribution in [0.2, 0.25) is 0 Å². The Morgan fingerprint density at radius 3 is 2.61 bits per heavy atom. The number of amides is 1. The molecule has 1 heterocycles. The zero-order chi connectivity index (χ0) is 13.6. The van der Waals surface area contributed by atoms with Gasteiger partial charge < -0.3 is 14.7 Å². The largest absolute Gasteiger partial charge is 0.465 e. The summed E-state index contributed by atoms with van der Waals surface area (Å²) in [6, 6.07) is 0.117. The van der Waals surface area contributed by atoms with E-state index in [0.29, 0.717) is 13.2 Å². The van der Waals surface area contributed by atoms with Gasteiger partial charge in [0.1, 0.15) is 0 Å². The molecular formula is C14H23NO3. The van der Waals surface area contributed by atoms with Crippen molar-refractivity contribution in [1.29, 1.82) is 0 Å². The SMILES string of the molecule is C=CCOC1CC2(C1)CN(C(=O)O)C2C(C)(C)C. The van der Waals surface area contributed by atoms with Crippen LogP contribution in [0.1, 0.15) is 33.6 Å². The monoisotopic (exact) mass is 253 g/mol. The van der Waals surface area contributed by atoms with Crippen LogP contribution < -0.4 is 0 Å². The molecule has 102 valence electrons. The Balaban J connectivity index is 2.00. The maximum Gasteiger partial charge on any atom is 0.407 e. The normalized spacial score (nSPS) is 34.9. The number of hydrogen-bond donors (Lipinski definition) is 1. The van der Waals surface area contributed by atoms with Crippen molar-refractivity contribution in [3.8, 4) is 0 Å². The van der Waals surface area contributed by atoms with E-state index in [4.69, 9.17) is 4.74 Å².